The number of rotatable bonds is 1. The van der Waals surface area contributed by atoms with E-state index in [0.717, 1.165) is 24.9 Å². The molecule has 0 amide bonds. The molecule has 1 saturated heterocycles. The van der Waals surface area contributed by atoms with Gasteiger partial charge in [0.15, 0.2) is 0 Å². The molecular weight excluding hydrogens is 268 g/mol. The van der Waals surface area contributed by atoms with Gasteiger partial charge in [-0.15, -0.1) is 0 Å². The predicted octanol–water partition coefficient (Wildman–Crippen LogP) is 3.67. The van der Waals surface area contributed by atoms with Gasteiger partial charge < -0.3 is 5.32 Å². The molecule has 1 aliphatic rings. The molecule has 0 saturated carbocycles. The minimum Gasteiger partial charge on any atom is -0.310 e. The molecule has 14 heavy (non-hydrogen) atoms. The summed E-state index contributed by atoms with van der Waals surface area (Å²) in [5, 5.41) is 3.92. The van der Waals surface area contributed by atoms with Crippen LogP contribution < -0.4 is 5.32 Å². The van der Waals surface area contributed by atoms with Gasteiger partial charge in [0.1, 0.15) is 5.82 Å². The lowest BCUT2D eigenvalue weighted by atomic mass is 10.1. The van der Waals surface area contributed by atoms with E-state index >= 15 is 0 Å². The van der Waals surface area contributed by atoms with E-state index in [2.05, 4.69) is 21.2 Å². The fraction of sp³-hybridized carbons (Fsp3) is 0.400. The zero-order chi connectivity index (χ0) is 10.1. The molecule has 0 unspecified atom stereocenters. The van der Waals surface area contributed by atoms with E-state index in [0.29, 0.717) is 9.50 Å². The standard InChI is InChI=1S/C10H10BrClFN/c11-7-5-8(12)6(4-9(7)13)10-2-1-3-14-10/h4-5,10,14H,1-3H2/t10-/m0/s1. The van der Waals surface area contributed by atoms with Crippen molar-refractivity contribution in [2.45, 2.75) is 18.9 Å². The Bertz CT molecular complexity index is 350. The van der Waals surface area contributed by atoms with E-state index in [9.17, 15) is 4.39 Å². The minimum absolute atomic E-state index is 0.213. The van der Waals surface area contributed by atoms with Crippen LogP contribution in [-0.4, -0.2) is 6.54 Å². The van der Waals surface area contributed by atoms with Crippen LogP contribution in [0.2, 0.25) is 5.02 Å². The average Bonchev–Trinajstić information content (AvgIpc) is 2.64. The molecular formula is C10H10BrClFN. The lowest BCUT2D eigenvalue weighted by Gasteiger charge is -2.13. The summed E-state index contributed by atoms with van der Waals surface area (Å²) >= 11 is 9.15. The summed E-state index contributed by atoms with van der Waals surface area (Å²) in [6, 6.07) is 3.34. The predicted molar refractivity (Wildman–Crippen MR) is 59.1 cm³/mol. The van der Waals surface area contributed by atoms with Gasteiger partial charge in [0.25, 0.3) is 0 Å². The number of nitrogens with one attached hydrogen (secondary N) is 1. The highest BCUT2D eigenvalue weighted by Crippen LogP contribution is 2.32. The second-order valence-corrected chi connectivity index (χ2v) is 4.70. The first-order valence-electron chi connectivity index (χ1n) is 4.56. The van der Waals surface area contributed by atoms with Crippen LogP contribution in [0.5, 0.6) is 0 Å². The Kier molecular flexibility index (Phi) is 3.10. The van der Waals surface area contributed by atoms with Gasteiger partial charge in [-0.25, -0.2) is 4.39 Å². The van der Waals surface area contributed by atoms with Crippen LogP contribution in [0.4, 0.5) is 4.39 Å². The third kappa shape index (κ3) is 1.95. The highest BCUT2D eigenvalue weighted by atomic mass is 79.9. The molecule has 1 fully saturated rings. The van der Waals surface area contributed by atoms with Gasteiger partial charge >= 0.3 is 0 Å². The van der Waals surface area contributed by atoms with Crippen molar-refractivity contribution >= 4 is 27.5 Å². The fourth-order valence-electron chi connectivity index (χ4n) is 1.75. The van der Waals surface area contributed by atoms with E-state index in [1.165, 1.54) is 6.07 Å². The molecule has 0 aromatic heterocycles. The van der Waals surface area contributed by atoms with Gasteiger partial charge in [0.2, 0.25) is 0 Å². The zero-order valence-corrected chi connectivity index (χ0v) is 9.83. The zero-order valence-electron chi connectivity index (χ0n) is 7.49. The van der Waals surface area contributed by atoms with Gasteiger partial charge in [-0.3, -0.25) is 0 Å². The molecule has 0 radical (unpaired) electrons. The lowest BCUT2D eigenvalue weighted by molar-refractivity contribution is 0.602. The van der Waals surface area contributed by atoms with Crippen LogP contribution in [0.25, 0.3) is 0 Å². The maximum absolute atomic E-state index is 13.3. The van der Waals surface area contributed by atoms with Crippen LogP contribution in [0.3, 0.4) is 0 Å². The van der Waals surface area contributed by atoms with Gasteiger partial charge in [0.05, 0.1) is 4.47 Å². The van der Waals surface area contributed by atoms with Crippen molar-refractivity contribution in [3.05, 3.63) is 33.0 Å². The summed E-state index contributed by atoms with van der Waals surface area (Å²) in [7, 11) is 0. The monoisotopic (exact) mass is 277 g/mol. The molecule has 76 valence electrons. The largest absolute Gasteiger partial charge is 0.310 e. The van der Waals surface area contributed by atoms with Crippen molar-refractivity contribution in [1.82, 2.24) is 5.32 Å². The summed E-state index contributed by atoms with van der Waals surface area (Å²) in [5.41, 5.74) is 0.866. The number of hydrogen-bond acceptors (Lipinski definition) is 1. The molecule has 0 spiro atoms. The molecule has 1 N–H and O–H groups in total. The van der Waals surface area contributed by atoms with Crippen molar-refractivity contribution in [3.63, 3.8) is 0 Å². The third-order valence-electron chi connectivity index (χ3n) is 2.48. The van der Waals surface area contributed by atoms with E-state index in [-0.39, 0.29) is 11.9 Å². The highest BCUT2D eigenvalue weighted by Gasteiger charge is 2.20. The van der Waals surface area contributed by atoms with E-state index < -0.39 is 0 Å². The smallest absolute Gasteiger partial charge is 0.137 e. The Morgan fingerprint density at radius 2 is 2.29 bits per heavy atom. The summed E-state index contributed by atoms with van der Waals surface area (Å²) in [6.07, 6.45) is 2.15. The fourth-order valence-corrected chi connectivity index (χ4v) is 2.53. The minimum atomic E-state index is -0.252. The Hall–Kier alpha value is -0.120. The molecule has 1 aromatic carbocycles. The Morgan fingerprint density at radius 3 is 2.93 bits per heavy atom. The lowest BCUT2D eigenvalue weighted by Crippen LogP contribution is -2.13. The van der Waals surface area contributed by atoms with E-state index in [4.69, 9.17) is 11.6 Å². The van der Waals surface area contributed by atoms with Gasteiger partial charge in [-0.05, 0) is 53.0 Å². The van der Waals surface area contributed by atoms with Crippen LogP contribution in [0.1, 0.15) is 24.4 Å². The molecule has 1 aromatic rings. The quantitative estimate of drug-likeness (QED) is 0.773. The average molecular weight is 279 g/mol. The van der Waals surface area contributed by atoms with E-state index in [1.54, 1.807) is 6.07 Å². The number of benzene rings is 1. The van der Waals surface area contributed by atoms with Crippen molar-refractivity contribution in [3.8, 4) is 0 Å². The second-order valence-electron chi connectivity index (χ2n) is 3.44. The normalized spacial score (nSPS) is 21.5. The number of hydrogen-bond donors (Lipinski definition) is 1. The molecule has 0 aliphatic carbocycles. The maximum Gasteiger partial charge on any atom is 0.137 e. The number of halogens is 3. The van der Waals surface area contributed by atoms with Gasteiger partial charge in [0, 0.05) is 11.1 Å². The summed E-state index contributed by atoms with van der Waals surface area (Å²) < 4.78 is 13.7. The highest BCUT2D eigenvalue weighted by molar-refractivity contribution is 9.10. The molecule has 0 bridgehead atoms. The van der Waals surface area contributed by atoms with Crippen LogP contribution in [0, 0.1) is 5.82 Å². The summed E-state index contributed by atoms with van der Waals surface area (Å²) in [6.45, 7) is 0.985. The Labute approximate surface area is 95.8 Å². The summed E-state index contributed by atoms with van der Waals surface area (Å²) in [4.78, 5) is 0. The first kappa shape index (κ1) is 10.4. The topological polar surface area (TPSA) is 12.0 Å². The van der Waals surface area contributed by atoms with Crippen LogP contribution >= 0.6 is 27.5 Å². The molecule has 4 heteroatoms. The molecule has 1 aliphatic heterocycles. The molecule has 1 heterocycles. The first-order chi connectivity index (χ1) is 6.68. The summed E-state index contributed by atoms with van der Waals surface area (Å²) in [5.74, 6) is -0.252. The van der Waals surface area contributed by atoms with Gasteiger partial charge in [-0.1, -0.05) is 11.6 Å². The second kappa shape index (κ2) is 4.17. The third-order valence-corrected chi connectivity index (χ3v) is 3.41. The molecule has 2 rings (SSSR count). The van der Waals surface area contributed by atoms with E-state index in [1.807, 2.05) is 0 Å². The Balaban J connectivity index is 2.37. The van der Waals surface area contributed by atoms with Crippen molar-refractivity contribution in [2.24, 2.45) is 0 Å². The Morgan fingerprint density at radius 1 is 1.50 bits per heavy atom. The molecule has 1 nitrogen and oxygen atoms in total. The van der Waals surface area contributed by atoms with Crippen molar-refractivity contribution < 1.29 is 4.39 Å². The van der Waals surface area contributed by atoms with Crippen LogP contribution in [-0.2, 0) is 0 Å². The maximum atomic E-state index is 13.3. The SMILES string of the molecule is Fc1cc([C@@H]2CCCN2)c(Cl)cc1Br. The van der Waals surface area contributed by atoms with Gasteiger partial charge in [-0.2, -0.15) is 0 Å². The van der Waals surface area contributed by atoms with Crippen LogP contribution in [0.15, 0.2) is 16.6 Å². The first-order valence-corrected chi connectivity index (χ1v) is 5.73. The van der Waals surface area contributed by atoms with Crippen molar-refractivity contribution in [1.29, 1.82) is 0 Å². The molecule has 1 atom stereocenters. The van der Waals surface area contributed by atoms with Crippen molar-refractivity contribution in [2.75, 3.05) is 6.54 Å².